The lowest BCUT2D eigenvalue weighted by molar-refractivity contribution is -0.121. The summed E-state index contributed by atoms with van der Waals surface area (Å²) in [7, 11) is 0. The standard InChI is InChI=1S/C14H20ClNO2/c1-9(17)13(14(2,3)4)16-8-10-6-5-7-11(18)12(10)15/h5-7,13,16,18H,8H2,1-4H3/t13-/m1/s1. The number of rotatable bonds is 4. The lowest BCUT2D eigenvalue weighted by Gasteiger charge is -2.29. The molecule has 0 radical (unpaired) electrons. The van der Waals surface area contributed by atoms with E-state index in [1.165, 1.54) is 6.07 Å². The summed E-state index contributed by atoms with van der Waals surface area (Å²) in [5, 5.41) is 13.0. The summed E-state index contributed by atoms with van der Waals surface area (Å²) >= 11 is 6.00. The van der Waals surface area contributed by atoms with Gasteiger partial charge in [-0.3, -0.25) is 4.79 Å². The molecule has 0 saturated carbocycles. The fourth-order valence-electron chi connectivity index (χ4n) is 1.97. The Morgan fingerprint density at radius 1 is 1.44 bits per heavy atom. The Hall–Kier alpha value is -1.06. The van der Waals surface area contributed by atoms with E-state index in [1.54, 1.807) is 13.0 Å². The third-order valence-corrected chi connectivity index (χ3v) is 3.26. The van der Waals surface area contributed by atoms with Crippen molar-refractivity contribution in [1.29, 1.82) is 0 Å². The van der Waals surface area contributed by atoms with Gasteiger partial charge < -0.3 is 10.4 Å². The Morgan fingerprint density at radius 2 is 2.06 bits per heavy atom. The minimum absolute atomic E-state index is 0.0612. The molecule has 1 aromatic carbocycles. The van der Waals surface area contributed by atoms with E-state index in [0.29, 0.717) is 11.6 Å². The van der Waals surface area contributed by atoms with Crippen LogP contribution in [0.3, 0.4) is 0 Å². The van der Waals surface area contributed by atoms with Gasteiger partial charge in [-0.25, -0.2) is 0 Å². The number of hydrogen-bond donors (Lipinski definition) is 2. The summed E-state index contributed by atoms with van der Waals surface area (Å²) < 4.78 is 0. The quantitative estimate of drug-likeness (QED) is 0.883. The van der Waals surface area contributed by atoms with Crippen LogP contribution in [0.5, 0.6) is 5.75 Å². The molecule has 0 aliphatic heterocycles. The SMILES string of the molecule is CC(=O)[C@@H](NCc1cccc(O)c1Cl)C(C)(C)C. The summed E-state index contributed by atoms with van der Waals surface area (Å²) in [5.74, 6) is 0.157. The van der Waals surface area contributed by atoms with Crippen molar-refractivity contribution in [3.05, 3.63) is 28.8 Å². The van der Waals surface area contributed by atoms with E-state index >= 15 is 0 Å². The first kappa shape index (κ1) is 15.0. The van der Waals surface area contributed by atoms with Gasteiger partial charge in [0.2, 0.25) is 0 Å². The summed E-state index contributed by atoms with van der Waals surface area (Å²) in [4.78, 5) is 11.6. The van der Waals surface area contributed by atoms with Crippen molar-refractivity contribution in [3.8, 4) is 5.75 Å². The molecule has 100 valence electrons. The first-order valence-electron chi connectivity index (χ1n) is 5.93. The van der Waals surface area contributed by atoms with Gasteiger partial charge in [0.15, 0.2) is 0 Å². The van der Waals surface area contributed by atoms with E-state index in [9.17, 15) is 9.90 Å². The lowest BCUT2D eigenvalue weighted by atomic mass is 9.84. The van der Waals surface area contributed by atoms with Crippen molar-refractivity contribution in [2.45, 2.75) is 40.3 Å². The molecule has 0 saturated heterocycles. The molecule has 0 spiro atoms. The largest absolute Gasteiger partial charge is 0.506 e. The van der Waals surface area contributed by atoms with Crippen LogP contribution in [0.2, 0.25) is 5.02 Å². The van der Waals surface area contributed by atoms with Gasteiger partial charge in [0.1, 0.15) is 11.5 Å². The number of phenolic OH excluding ortho intramolecular Hbond substituents is 1. The molecule has 0 bridgehead atoms. The van der Waals surface area contributed by atoms with Crippen LogP contribution in [0.1, 0.15) is 33.3 Å². The Balaban J connectivity index is 2.80. The number of nitrogens with one attached hydrogen (secondary N) is 1. The highest BCUT2D eigenvalue weighted by atomic mass is 35.5. The Bertz CT molecular complexity index is 438. The molecule has 0 aliphatic rings. The summed E-state index contributed by atoms with van der Waals surface area (Å²) in [6.45, 7) is 8.06. The van der Waals surface area contributed by atoms with Gasteiger partial charge in [-0.2, -0.15) is 0 Å². The zero-order valence-corrected chi connectivity index (χ0v) is 12.0. The summed E-state index contributed by atoms with van der Waals surface area (Å²) in [5.41, 5.74) is 0.627. The Labute approximate surface area is 113 Å². The normalized spacial score (nSPS) is 13.4. The topological polar surface area (TPSA) is 49.3 Å². The number of benzene rings is 1. The van der Waals surface area contributed by atoms with E-state index in [2.05, 4.69) is 5.32 Å². The zero-order chi connectivity index (χ0) is 13.9. The lowest BCUT2D eigenvalue weighted by Crippen LogP contribution is -2.45. The van der Waals surface area contributed by atoms with Crippen LogP contribution >= 0.6 is 11.6 Å². The van der Waals surface area contributed by atoms with Gasteiger partial charge in [0.05, 0.1) is 11.1 Å². The molecular weight excluding hydrogens is 250 g/mol. The first-order valence-corrected chi connectivity index (χ1v) is 6.31. The highest BCUT2D eigenvalue weighted by Crippen LogP contribution is 2.27. The van der Waals surface area contributed by atoms with Crippen molar-refractivity contribution in [2.75, 3.05) is 0 Å². The van der Waals surface area contributed by atoms with E-state index in [0.717, 1.165) is 5.56 Å². The number of carbonyl (C=O) groups is 1. The Morgan fingerprint density at radius 3 is 2.56 bits per heavy atom. The molecule has 0 fully saturated rings. The molecule has 4 heteroatoms. The molecule has 0 heterocycles. The summed E-state index contributed by atoms with van der Waals surface area (Å²) in [6, 6.07) is 4.86. The number of hydrogen-bond acceptors (Lipinski definition) is 3. The molecule has 3 nitrogen and oxygen atoms in total. The molecule has 1 aromatic rings. The van der Waals surface area contributed by atoms with E-state index in [1.807, 2.05) is 26.8 Å². The average molecular weight is 270 g/mol. The maximum atomic E-state index is 11.6. The molecule has 2 N–H and O–H groups in total. The number of phenols is 1. The molecular formula is C14H20ClNO2. The fraction of sp³-hybridized carbons (Fsp3) is 0.500. The number of Topliss-reactive ketones (excluding diaryl/α,β-unsaturated/α-hetero) is 1. The van der Waals surface area contributed by atoms with Crippen LogP contribution in [0.15, 0.2) is 18.2 Å². The fourth-order valence-corrected chi connectivity index (χ4v) is 2.17. The van der Waals surface area contributed by atoms with Crippen molar-refractivity contribution in [3.63, 3.8) is 0 Å². The van der Waals surface area contributed by atoms with Gasteiger partial charge in [-0.05, 0) is 24.0 Å². The molecule has 1 rings (SSSR count). The highest BCUT2D eigenvalue weighted by Gasteiger charge is 2.28. The van der Waals surface area contributed by atoms with Gasteiger partial charge in [-0.15, -0.1) is 0 Å². The molecule has 1 atom stereocenters. The molecule has 0 amide bonds. The van der Waals surface area contributed by atoms with E-state index < -0.39 is 0 Å². The average Bonchev–Trinajstić information content (AvgIpc) is 2.22. The van der Waals surface area contributed by atoms with E-state index in [-0.39, 0.29) is 23.0 Å². The first-order chi connectivity index (χ1) is 8.23. The zero-order valence-electron chi connectivity index (χ0n) is 11.2. The molecule has 0 aromatic heterocycles. The van der Waals surface area contributed by atoms with Crippen molar-refractivity contribution < 1.29 is 9.90 Å². The predicted molar refractivity (Wildman–Crippen MR) is 73.9 cm³/mol. The second-order valence-corrected chi connectivity index (χ2v) is 5.92. The third kappa shape index (κ3) is 3.72. The van der Waals surface area contributed by atoms with Gasteiger partial charge in [-0.1, -0.05) is 44.5 Å². The van der Waals surface area contributed by atoms with Crippen LogP contribution < -0.4 is 5.32 Å². The highest BCUT2D eigenvalue weighted by molar-refractivity contribution is 6.32. The number of aromatic hydroxyl groups is 1. The predicted octanol–water partition coefficient (Wildman–Crippen LogP) is 3.14. The van der Waals surface area contributed by atoms with Crippen molar-refractivity contribution in [1.82, 2.24) is 5.32 Å². The number of ketones is 1. The minimum Gasteiger partial charge on any atom is -0.506 e. The van der Waals surface area contributed by atoms with E-state index in [4.69, 9.17) is 11.6 Å². The van der Waals surface area contributed by atoms with Crippen LogP contribution in [0.4, 0.5) is 0 Å². The molecule has 0 aliphatic carbocycles. The monoisotopic (exact) mass is 269 g/mol. The van der Waals surface area contributed by atoms with Crippen LogP contribution in [-0.2, 0) is 11.3 Å². The Kier molecular flexibility index (Phi) is 4.77. The van der Waals surface area contributed by atoms with Gasteiger partial charge >= 0.3 is 0 Å². The number of carbonyl (C=O) groups excluding carboxylic acids is 1. The van der Waals surface area contributed by atoms with Crippen LogP contribution in [-0.4, -0.2) is 16.9 Å². The van der Waals surface area contributed by atoms with Gasteiger partial charge in [0.25, 0.3) is 0 Å². The second-order valence-electron chi connectivity index (χ2n) is 5.54. The van der Waals surface area contributed by atoms with Gasteiger partial charge in [0, 0.05) is 6.54 Å². The maximum Gasteiger partial charge on any atom is 0.147 e. The molecule has 0 unspecified atom stereocenters. The van der Waals surface area contributed by atoms with Crippen LogP contribution in [0.25, 0.3) is 0 Å². The number of halogens is 1. The second kappa shape index (κ2) is 5.72. The van der Waals surface area contributed by atoms with Crippen molar-refractivity contribution >= 4 is 17.4 Å². The third-order valence-electron chi connectivity index (χ3n) is 2.83. The smallest absolute Gasteiger partial charge is 0.147 e. The van der Waals surface area contributed by atoms with Crippen LogP contribution in [0, 0.1) is 5.41 Å². The molecule has 18 heavy (non-hydrogen) atoms. The maximum absolute atomic E-state index is 11.6. The summed E-state index contributed by atoms with van der Waals surface area (Å²) in [6.07, 6.45) is 0. The van der Waals surface area contributed by atoms with Crippen molar-refractivity contribution in [2.24, 2.45) is 5.41 Å². The minimum atomic E-state index is -0.240.